The molecule has 2 saturated carbocycles. The van der Waals surface area contributed by atoms with E-state index in [9.17, 15) is 4.39 Å². The van der Waals surface area contributed by atoms with Gasteiger partial charge in [-0.15, -0.1) is 0 Å². The smallest absolute Gasteiger partial charge is 0.123 e. The van der Waals surface area contributed by atoms with Crippen LogP contribution in [0.15, 0.2) is 24.3 Å². The molecular formula is C14H18FN. The topological polar surface area (TPSA) is 12.0 Å². The predicted octanol–water partition coefficient (Wildman–Crippen LogP) is 3.07. The van der Waals surface area contributed by atoms with Gasteiger partial charge >= 0.3 is 0 Å². The molecule has 0 aromatic heterocycles. The molecular weight excluding hydrogens is 201 g/mol. The van der Waals surface area contributed by atoms with Gasteiger partial charge in [0.2, 0.25) is 0 Å². The predicted molar refractivity (Wildman–Crippen MR) is 62.9 cm³/mol. The molecule has 2 heteroatoms. The minimum absolute atomic E-state index is 0.135. The van der Waals surface area contributed by atoms with Crippen LogP contribution in [0.5, 0.6) is 0 Å². The Kier molecular flexibility index (Phi) is 2.47. The van der Waals surface area contributed by atoms with Crippen molar-refractivity contribution in [3.8, 4) is 0 Å². The van der Waals surface area contributed by atoms with E-state index in [2.05, 4.69) is 12.2 Å². The van der Waals surface area contributed by atoms with E-state index in [-0.39, 0.29) is 5.82 Å². The van der Waals surface area contributed by atoms with Gasteiger partial charge in [0.15, 0.2) is 0 Å². The molecule has 0 heterocycles. The van der Waals surface area contributed by atoms with Gasteiger partial charge in [0.1, 0.15) is 5.82 Å². The summed E-state index contributed by atoms with van der Waals surface area (Å²) in [5.74, 6) is 1.39. The first-order chi connectivity index (χ1) is 7.72. The van der Waals surface area contributed by atoms with Crippen molar-refractivity contribution in [2.75, 3.05) is 0 Å². The number of hydrogen-bond donors (Lipinski definition) is 1. The number of nitrogens with one attached hydrogen (secondary N) is 1. The van der Waals surface area contributed by atoms with Gasteiger partial charge in [-0.3, -0.25) is 0 Å². The summed E-state index contributed by atoms with van der Waals surface area (Å²) in [6.07, 6.45) is 3.78. The van der Waals surface area contributed by atoms with Crippen molar-refractivity contribution in [1.29, 1.82) is 0 Å². The molecule has 16 heavy (non-hydrogen) atoms. The van der Waals surface area contributed by atoms with Gasteiger partial charge in [-0.1, -0.05) is 19.1 Å². The van der Waals surface area contributed by atoms with E-state index in [0.29, 0.717) is 12.0 Å². The fourth-order valence-electron chi connectivity index (χ4n) is 2.62. The average Bonchev–Trinajstić information content (AvgIpc) is 2.90. The first-order valence-electron chi connectivity index (χ1n) is 6.24. The number of hydrogen-bond acceptors (Lipinski definition) is 1. The van der Waals surface area contributed by atoms with Crippen molar-refractivity contribution in [3.05, 3.63) is 35.6 Å². The molecule has 0 amide bonds. The van der Waals surface area contributed by atoms with Crippen LogP contribution < -0.4 is 5.32 Å². The van der Waals surface area contributed by atoms with Crippen LogP contribution in [0.1, 0.15) is 37.7 Å². The maximum Gasteiger partial charge on any atom is 0.123 e. The fraction of sp³-hybridized carbons (Fsp3) is 0.571. The summed E-state index contributed by atoms with van der Waals surface area (Å²) >= 11 is 0. The molecule has 0 spiro atoms. The minimum Gasteiger partial charge on any atom is -0.311 e. The summed E-state index contributed by atoms with van der Waals surface area (Å²) in [6.45, 7) is 2.30. The second-order valence-corrected chi connectivity index (χ2v) is 5.40. The second kappa shape index (κ2) is 3.85. The van der Waals surface area contributed by atoms with Crippen LogP contribution in [0.3, 0.4) is 0 Å². The fourth-order valence-corrected chi connectivity index (χ4v) is 2.62. The lowest BCUT2D eigenvalue weighted by atomic mass is 9.76. The summed E-state index contributed by atoms with van der Waals surface area (Å²) in [7, 11) is 0. The zero-order chi connectivity index (χ0) is 11.1. The van der Waals surface area contributed by atoms with Crippen LogP contribution >= 0.6 is 0 Å². The molecule has 1 aromatic carbocycles. The van der Waals surface area contributed by atoms with Gasteiger partial charge in [-0.2, -0.15) is 0 Å². The molecule has 3 rings (SSSR count). The van der Waals surface area contributed by atoms with Gasteiger partial charge in [0.25, 0.3) is 0 Å². The van der Waals surface area contributed by atoms with Crippen molar-refractivity contribution in [1.82, 2.24) is 5.32 Å². The molecule has 2 fully saturated rings. The highest BCUT2D eigenvalue weighted by Gasteiger charge is 2.38. The Morgan fingerprint density at radius 2 is 1.75 bits per heavy atom. The van der Waals surface area contributed by atoms with Crippen molar-refractivity contribution >= 4 is 0 Å². The molecule has 1 aromatic rings. The Morgan fingerprint density at radius 1 is 1.12 bits per heavy atom. The number of benzene rings is 1. The molecule has 0 aliphatic heterocycles. The quantitative estimate of drug-likeness (QED) is 0.823. The minimum atomic E-state index is -0.135. The van der Waals surface area contributed by atoms with Gasteiger partial charge in [0.05, 0.1) is 0 Å². The third-order valence-electron chi connectivity index (χ3n) is 4.04. The van der Waals surface area contributed by atoms with E-state index < -0.39 is 0 Å². The highest BCUT2D eigenvalue weighted by molar-refractivity contribution is 5.23. The second-order valence-electron chi connectivity index (χ2n) is 5.40. The molecule has 86 valence electrons. The van der Waals surface area contributed by atoms with Gasteiger partial charge in [-0.25, -0.2) is 4.39 Å². The Bertz CT molecular complexity index is 367. The summed E-state index contributed by atoms with van der Waals surface area (Å²) < 4.78 is 12.8. The van der Waals surface area contributed by atoms with E-state index in [1.54, 1.807) is 12.1 Å². The normalized spacial score (nSPS) is 36.9. The molecule has 1 nitrogen and oxygen atoms in total. The molecule has 2 unspecified atom stereocenters. The Balaban J connectivity index is 1.51. The largest absolute Gasteiger partial charge is 0.311 e. The van der Waals surface area contributed by atoms with E-state index in [4.69, 9.17) is 0 Å². The third kappa shape index (κ3) is 1.99. The monoisotopic (exact) mass is 219 g/mol. The lowest BCUT2D eigenvalue weighted by Gasteiger charge is -2.36. The molecule has 2 aliphatic carbocycles. The van der Waals surface area contributed by atoms with Crippen molar-refractivity contribution in [3.63, 3.8) is 0 Å². The first kappa shape index (κ1) is 10.3. The highest BCUT2D eigenvalue weighted by atomic mass is 19.1. The molecule has 0 bridgehead atoms. The Morgan fingerprint density at radius 3 is 2.31 bits per heavy atom. The van der Waals surface area contributed by atoms with Crippen LogP contribution in [-0.2, 0) is 0 Å². The molecule has 0 saturated heterocycles. The third-order valence-corrected chi connectivity index (χ3v) is 4.04. The molecule has 0 radical (unpaired) electrons. The summed E-state index contributed by atoms with van der Waals surface area (Å²) in [5, 5.41) is 3.68. The number of halogens is 1. The molecule has 1 N–H and O–H groups in total. The van der Waals surface area contributed by atoms with Crippen molar-refractivity contribution in [2.24, 2.45) is 5.92 Å². The van der Waals surface area contributed by atoms with Crippen LogP contribution in [-0.4, -0.2) is 12.1 Å². The standard InChI is InChI=1S/C14H18FN/c1-9-6-14(9)16-13-7-11(8-13)10-2-4-12(15)5-3-10/h2-5,9,11,13-14,16H,6-8H2,1H3. The Labute approximate surface area is 96.1 Å². The zero-order valence-electron chi connectivity index (χ0n) is 9.62. The average molecular weight is 219 g/mol. The summed E-state index contributed by atoms with van der Waals surface area (Å²) in [5.41, 5.74) is 1.29. The summed E-state index contributed by atoms with van der Waals surface area (Å²) in [6, 6.07) is 8.47. The van der Waals surface area contributed by atoms with Crippen LogP contribution in [0, 0.1) is 11.7 Å². The maximum atomic E-state index is 12.8. The molecule has 2 atom stereocenters. The lowest BCUT2D eigenvalue weighted by molar-refractivity contribution is 0.286. The zero-order valence-corrected chi connectivity index (χ0v) is 9.62. The SMILES string of the molecule is CC1CC1NC1CC(c2ccc(F)cc2)C1. The maximum absolute atomic E-state index is 12.8. The summed E-state index contributed by atoms with van der Waals surface area (Å²) in [4.78, 5) is 0. The van der Waals surface area contributed by atoms with Gasteiger partial charge in [-0.05, 0) is 48.8 Å². The van der Waals surface area contributed by atoms with Gasteiger partial charge < -0.3 is 5.32 Å². The lowest BCUT2D eigenvalue weighted by Crippen LogP contribution is -2.41. The van der Waals surface area contributed by atoms with Crippen LogP contribution in [0.2, 0.25) is 0 Å². The molecule has 2 aliphatic rings. The highest BCUT2D eigenvalue weighted by Crippen LogP contribution is 2.39. The number of rotatable bonds is 3. The Hall–Kier alpha value is -0.890. The van der Waals surface area contributed by atoms with E-state index >= 15 is 0 Å². The van der Waals surface area contributed by atoms with Crippen molar-refractivity contribution in [2.45, 2.75) is 44.2 Å². The van der Waals surface area contributed by atoms with E-state index in [0.717, 1.165) is 12.0 Å². The van der Waals surface area contributed by atoms with Gasteiger partial charge in [0, 0.05) is 12.1 Å². The van der Waals surface area contributed by atoms with E-state index in [1.165, 1.54) is 24.8 Å². The van der Waals surface area contributed by atoms with Crippen LogP contribution in [0.4, 0.5) is 4.39 Å². The van der Waals surface area contributed by atoms with Crippen LogP contribution in [0.25, 0.3) is 0 Å². The van der Waals surface area contributed by atoms with Crippen molar-refractivity contribution < 1.29 is 4.39 Å². The van der Waals surface area contributed by atoms with E-state index in [1.807, 2.05) is 12.1 Å². The first-order valence-corrected chi connectivity index (χ1v) is 6.24.